The maximum Gasteiger partial charge on any atom is 0.306 e. The molecule has 1 atom stereocenters. The SMILES string of the molecule is CC/C=C\C/C=C\C/C=C\C/C=C\C/C=C\CCCC(=O)O[C@@H](COC(=O)CCCCCCCCCCCCCCC)COC(=O)CCCCCCCCCCCCCCCCCCCCC. The quantitative estimate of drug-likeness (QED) is 0.0262. The van der Waals surface area contributed by atoms with E-state index in [2.05, 4.69) is 81.5 Å². The van der Waals surface area contributed by atoms with Crippen molar-refractivity contribution in [2.24, 2.45) is 0 Å². The zero-order valence-corrected chi connectivity index (χ0v) is 44.4. The lowest BCUT2D eigenvalue weighted by atomic mass is 10.0. The second kappa shape index (κ2) is 55.7. The van der Waals surface area contributed by atoms with Gasteiger partial charge >= 0.3 is 17.9 Å². The number of carbonyl (C=O) groups is 3. The molecular formula is C61H108O6. The number of ether oxygens (including phenoxy) is 3. The summed E-state index contributed by atoms with van der Waals surface area (Å²) in [6.45, 7) is 6.51. The Bertz CT molecular complexity index is 1210. The number of hydrogen-bond acceptors (Lipinski definition) is 6. The molecule has 0 bridgehead atoms. The Labute approximate surface area is 415 Å². The van der Waals surface area contributed by atoms with E-state index < -0.39 is 6.10 Å². The van der Waals surface area contributed by atoms with Crippen LogP contribution in [0.25, 0.3) is 0 Å². The van der Waals surface area contributed by atoms with Gasteiger partial charge in [-0.15, -0.1) is 0 Å². The minimum atomic E-state index is -0.800. The first-order chi connectivity index (χ1) is 33.0. The molecule has 0 unspecified atom stereocenters. The van der Waals surface area contributed by atoms with Crippen LogP contribution < -0.4 is 0 Å². The first-order valence-corrected chi connectivity index (χ1v) is 28.8. The van der Waals surface area contributed by atoms with Crippen molar-refractivity contribution in [3.8, 4) is 0 Å². The third kappa shape index (κ3) is 53.9. The maximum atomic E-state index is 12.8. The summed E-state index contributed by atoms with van der Waals surface area (Å²) in [5, 5.41) is 0. The monoisotopic (exact) mass is 937 g/mol. The molecule has 0 aliphatic carbocycles. The van der Waals surface area contributed by atoms with E-state index in [1.807, 2.05) is 0 Å². The zero-order valence-electron chi connectivity index (χ0n) is 44.4. The van der Waals surface area contributed by atoms with Crippen LogP contribution in [0.2, 0.25) is 0 Å². The van der Waals surface area contributed by atoms with E-state index in [1.54, 1.807) is 0 Å². The van der Waals surface area contributed by atoms with E-state index >= 15 is 0 Å². The molecule has 0 saturated heterocycles. The number of hydrogen-bond donors (Lipinski definition) is 0. The van der Waals surface area contributed by atoms with Crippen LogP contribution in [0.15, 0.2) is 60.8 Å². The molecule has 0 aromatic rings. The Morgan fingerprint density at radius 2 is 0.582 bits per heavy atom. The lowest BCUT2D eigenvalue weighted by molar-refractivity contribution is -0.167. The number of esters is 3. The minimum Gasteiger partial charge on any atom is -0.462 e. The van der Waals surface area contributed by atoms with Crippen molar-refractivity contribution in [3.05, 3.63) is 60.8 Å². The van der Waals surface area contributed by atoms with Gasteiger partial charge in [-0.2, -0.15) is 0 Å². The summed E-state index contributed by atoms with van der Waals surface area (Å²) in [5.41, 5.74) is 0. The number of allylic oxidation sites excluding steroid dienone is 10. The van der Waals surface area contributed by atoms with Gasteiger partial charge in [0.1, 0.15) is 13.2 Å². The van der Waals surface area contributed by atoms with Crippen LogP contribution in [0.3, 0.4) is 0 Å². The Kier molecular flexibility index (Phi) is 53.3. The largest absolute Gasteiger partial charge is 0.462 e. The summed E-state index contributed by atoms with van der Waals surface area (Å²) in [6.07, 6.45) is 69.3. The van der Waals surface area contributed by atoms with Gasteiger partial charge in [-0.3, -0.25) is 14.4 Å². The molecule has 0 aromatic heterocycles. The van der Waals surface area contributed by atoms with Crippen molar-refractivity contribution in [1.29, 1.82) is 0 Å². The molecule has 0 saturated carbocycles. The van der Waals surface area contributed by atoms with Crippen LogP contribution in [-0.4, -0.2) is 37.2 Å². The molecule has 0 spiro atoms. The predicted octanol–water partition coefficient (Wildman–Crippen LogP) is 19.2. The van der Waals surface area contributed by atoms with Crippen LogP contribution in [0.1, 0.15) is 290 Å². The fraction of sp³-hybridized carbons (Fsp3) is 0.787. The van der Waals surface area contributed by atoms with Gasteiger partial charge < -0.3 is 14.2 Å². The van der Waals surface area contributed by atoms with Gasteiger partial charge in [-0.05, 0) is 57.8 Å². The van der Waals surface area contributed by atoms with Gasteiger partial charge in [0.05, 0.1) is 0 Å². The van der Waals surface area contributed by atoms with Gasteiger partial charge in [0, 0.05) is 19.3 Å². The second-order valence-electron chi connectivity index (χ2n) is 19.2. The molecule has 0 fully saturated rings. The first kappa shape index (κ1) is 64.1. The average molecular weight is 938 g/mol. The Hall–Kier alpha value is -2.89. The van der Waals surface area contributed by atoms with Crippen molar-refractivity contribution in [3.63, 3.8) is 0 Å². The second-order valence-corrected chi connectivity index (χ2v) is 19.2. The zero-order chi connectivity index (χ0) is 48.6. The molecule has 0 radical (unpaired) electrons. The van der Waals surface area contributed by atoms with Crippen LogP contribution in [-0.2, 0) is 28.6 Å². The fourth-order valence-corrected chi connectivity index (χ4v) is 8.24. The molecule has 0 amide bonds. The van der Waals surface area contributed by atoms with E-state index in [0.717, 1.165) is 77.0 Å². The molecule has 388 valence electrons. The Balaban J connectivity index is 4.40. The van der Waals surface area contributed by atoms with E-state index in [0.29, 0.717) is 19.3 Å². The van der Waals surface area contributed by atoms with Crippen LogP contribution in [0.5, 0.6) is 0 Å². The lowest BCUT2D eigenvalue weighted by Crippen LogP contribution is -2.30. The van der Waals surface area contributed by atoms with Gasteiger partial charge in [0.2, 0.25) is 0 Å². The molecule has 0 aromatic carbocycles. The summed E-state index contributed by atoms with van der Waals surface area (Å²) in [4.78, 5) is 38.1. The van der Waals surface area contributed by atoms with E-state index in [9.17, 15) is 14.4 Å². The van der Waals surface area contributed by atoms with Crippen LogP contribution >= 0.6 is 0 Å². The number of rotatable bonds is 52. The molecule has 6 heteroatoms. The van der Waals surface area contributed by atoms with Crippen molar-refractivity contribution in [2.75, 3.05) is 13.2 Å². The Morgan fingerprint density at radius 3 is 0.896 bits per heavy atom. The molecule has 6 nitrogen and oxygen atoms in total. The molecule has 67 heavy (non-hydrogen) atoms. The third-order valence-electron chi connectivity index (χ3n) is 12.5. The highest BCUT2D eigenvalue weighted by molar-refractivity contribution is 5.71. The highest BCUT2D eigenvalue weighted by Gasteiger charge is 2.19. The standard InChI is InChI=1S/C61H108O6/c1-4-7-10-13-16-19-22-25-27-29-30-32-33-36-39-42-45-48-51-54-60(63)66-57-58(56-65-59(62)53-50-47-44-41-38-35-24-21-18-15-12-9-6-3)67-61(64)55-52-49-46-43-40-37-34-31-28-26-23-20-17-14-11-8-5-2/h8,11,17,20,26,28,34,37,43,46,58H,4-7,9-10,12-16,18-19,21-25,27,29-33,35-36,38-42,44-45,47-57H2,1-3H3/b11-8-,20-17-,28-26-,37-34-,46-43-/t58-/m0/s1. The number of carbonyl (C=O) groups excluding carboxylic acids is 3. The van der Waals surface area contributed by atoms with Crippen LogP contribution in [0, 0.1) is 0 Å². The molecule has 0 rings (SSSR count). The lowest BCUT2D eigenvalue weighted by Gasteiger charge is -2.18. The summed E-state index contributed by atoms with van der Waals surface area (Å²) >= 11 is 0. The van der Waals surface area contributed by atoms with Crippen molar-refractivity contribution >= 4 is 17.9 Å². The highest BCUT2D eigenvalue weighted by Crippen LogP contribution is 2.17. The van der Waals surface area contributed by atoms with Crippen molar-refractivity contribution in [2.45, 2.75) is 297 Å². The van der Waals surface area contributed by atoms with E-state index in [1.165, 1.54) is 167 Å². The van der Waals surface area contributed by atoms with Gasteiger partial charge in [-0.1, -0.05) is 274 Å². The van der Waals surface area contributed by atoms with Gasteiger partial charge in [-0.25, -0.2) is 0 Å². The van der Waals surface area contributed by atoms with Crippen molar-refractivity contribution < 1.29 is 28.6 Å². The first-order valence-electron chi connectivity index (χ1n) is 28.8. The topological polar surface area (TPSA) is 78.9 Å². The summed E-state index contributed by atoms with van der Waals surface area (Å²) in [7, 11) is 0. The summed E-state index contributed by atoms with van der Waals surface area (Å²) in [5.74, 6) is -0.938. The van der Waals surface area contributed by atoms with Gasteiger partial charge in [0.15, 0.2) is 6.10 Å². The van der Waals surface area contributed by atoms with Crippen LogP contribution in [0.4, 0.5) is 0 Å². The van der Waals surface area contributed by atoms with Crippen molar-refractivity contribution in [1.82, 2.24) is 0 Å². The normalized spacial score (nSPS) is 12.5. The fourth-order valence-electron chi connectivity index (χ4n) is 8.24. The molecule has 0 N–H and O–H groups in total. The molecule has 0 aliphatic heterocycles. The van der Waals surface area contributed by atoms with Gasteiger partial charge in [0.25, 0.3) is 0 Å². The number of unbranched alkanes of at least 4 members (excludes halogenated alkanes) is 31. The summed E-state index contributed by atoms with van der Waals surface area (Å²) < 4.78 is 16.8. The average Bonchev–Trinajstić information content (AvgIpc) is 3.33. The smallest absolute Gasteiger partial charge is 0.306 e. The predicted molar refractivity (Wildman–Crippen MR) is 288 cm³/mol. The molecular weight excluding hydrogens is 829 g/mol. The third-order valence-corrected chi connectivity index (χ3v) is 12.5. The summed E-state index contributed by atoms with van der Waals surface area (Å²) in [6, 6.07) is 0. The minimum absolute atomic E-state index is 0.0928. The Morgan fingerprint density at radius 1 is 0.313 bits per heavy atom. The molecule has 0 heterocycles. The molecule has 0 aliphatic rings. The highest BCUT2D eigenvalue weighted by atomic mass is 16.6. The maximum absolute atomic E-state index is 12.8. The van der Waals surface area contributed by atoms with E-state index in [-0.39, 0.29) is 37.5 Å². The van der Waals surface area contributed by atoms with E-state index in [4.69, 9.17) is 14.2 Å².